The maximum Gasteiger partial charge on any atom is 0.0702 e. The third-order valence-corrected chi connectivity index (χ3v) is 6.50. The fourth-order valence-corrected chi connectivity index (χ4v) is 5.21. The molecule has 3 nitrogen and oxygen atoms in total. The van der Waals surface area contributed by atoms with Gasteiger partial charge in [-0.2, -0.15) is 0 Å². The van der Waals surface area contributed by atoms with Crippen molar-refractivity contribution >= 4 is 27.3 Å². The average Bonchev–Trinajstić information content (AvgIpc) is 3.12. The highest BCUT2D eigenvalue weighted by Gasteiger charge is 2.29. The van der Waals surface area contributed by atoms with Crippen LogP contribution in [0.3, 0.4) is 0 Å². The van der Waals surface area contributed by atoms with Gasteiger partial charge in [-0.1, -0.05) is 12.8 Å². The molecule has 0 spiro atoms. The van der Waals surface area contributed by atoms with Crippen LogP contribution in [0.4, 0.5) is 0 Å². The van der Waals surface area contributed by atoms with E-state index in [4.69, 9.17) is 5.73 Å². The van der Waals surface area contributed by atoms with E-state index in [0.717, 1.165) is 25.7 Å². The van der Waals surface area contributed by atoms with Crippen LogP contribution in [0.1, 0.15) is 36.6 Å². The van der Waals surface area contributed by atoms with Crippen molar-refractivity contribution in [2.45, 2.75) is 37.8 Å². The second-order valence-electron chi connectivity index (χ2n) is 5.90. The summed E-state index contributed by atoms with van der Waals surface area (Å²) in [5.41, 5.74) is 6.04. The maximum atomic E-state index is 6.04. The van der Waals surface area contributed by atoms with Gasteiger partial charge in [0.2, 0.25) is 0 Å². The van der Waals surface area contributed by atoms with Crippen molar-refractivity contribution in [2.24, 2.45) is 5.73 Å². The van der Waals surface area contributed by atoms with E-state index in [2.05, 4.69) is 37.9 Å². The van der Waals surface area contributed by atoms with Crippen LogP contribution in [0.5, 0.6) is 0 Å². The molecule has 0 amide bonds. The van der Waals surface area contributed by atoms with Gasteiger partial charge in [-0.05, 0) is 40.9 Å². The number of hydrogen-bond donors (Lipinski definition) is 1. The maximum absolute atomic E-state index is 6.04. The van der Waals surface area contributed by atoms with Gasteiger partial charge in [-0.3, -0.25) is 9.80 Å². The zero-order valence-corrected chi connectivity index (χ0v) is 14.3. The fourth-order valence-electron chi connectivity index (χ4n) is 3.64. The molecular weight excluding hydrogens is 334 g/mol. The van der Waals surface area contributed by atoms with Crippen LogP contribution < -0.4 is 5.73 Å². The first-order valence-electron chi connectivity index (χ1n) is 7.71. The second-order valence-corrected chi connectivity index (χ2v) is 8.40. The van der Waals surface area contributed by atoms with Crippen molar-refractivity contribution in [3.8, 4) is 0 Å². The molecule has 1 aliphatic carbocycles. The second kappa shape index (κ2) is 6.88. The Labute approximate surface area is 134 Å². The summed E-state index contributed by atoms with van der Waals surface area (Å²) >= 11 is 5.38. The Balaban J connectivity index is 1.58. The molecule has 2 aliphatic rings. The minimum absolute atomic E-state index is 0.400. The monoisotopic (exact) mass is 357 g/mol. The molecule has 1 atom stereocenters. The van der Waals surface area contributed by atoms with E-state index >= 15 is 0 Å². The molecule has 1 aromatic heterocycles. The summed E-state index contributed by atoms with van der Waals surface area (Å²) in [7, 11) is 0. The van der Waals surface area contributed by atoms with Crippen LogP contribution in [0.25, 0.3) is 0 Å². The van der Waals surface area contributed by atoms with Crippen LogP contribution in [-0.4, -0.2) is 48.6 Å². The van der Waals surface area contributed by atoms with Gasteiger partial charge in [0.1, 0.15) is 0 Å². The Morgan fingerprint density at radius 1 is 1.20 bits per heavy atom. The first-order valence-corrected chi connectivity index (χ1v) is 9.32. The van der Waals surface area contributed by atoms with Crippen molar-refractivity contribution in [1.29, 1.82) is 0 Å². The zero-order valence-electron chi connectivity index (χ0n) is 11.9. The smallest absolute Gasteiger partial charge is 0.0702 e. The number of piperazine rings is 1. The van der Waals surface area contributed by atoms with Gasteiger partial charge in [0.15, 0.2) is 0 Å². The molecule has 1 aromatic rings. The van der Waals surface area contributed by atoms with Crippen molar-refractivity contribution in [2.75, 3.05) is 32.7 Å². The van der Waals surface area contributed by atoms with Gasteiger partial charge >= 0.3 is 0 Å². The lowest BCUT2D eigenvalue weighted by Gasteiger charge is -2.41. The van der Waals surface area contributed by atoms with Gasteiger partial charge in [0, 0.05) is 43.6 Å². The van der Waals surface area contributed by atoms with Crippen molar-refractivity contribution in [3.63, 3.8) is 0 Å². The summed E-state index contributed by atoms with van der Waals surface area (Å²) in [6.45, 7) is 5.47. The number of hydrogen-bond acceptors (Lipinski definition) is 4. The first-order chi connectivity index (χ1) is 9.78. The largest absolute Gasteiger partial charge is 0.329 e. The molecule has 20 heavy (non-hydrogen) atoms. The van der Waals surface area contributed by atoms with Crippen LogP contribution in [0.2, 0.25) is 0 Å². The molecular formula is C15H24BrN3S. The Bertz CT molecular complexity index is 423. The standard InChI is InChI=1S/C15H24BrN3S/c16-15-6-5-14(20-15)13(11-17)19-9-7-18(8-10-19)12-3-1-2-4-12/h5-6,12-13H,1-4,7-11,17H2. The third kappa shape index (κ3) is 3.28. The lowest BCUT2D eigenvalue weighted by molar-refractivity contribution is 0.0732. The Hall–Kier alpha value is 0.0600. The molecule has 0 bridgehead atoms. The summed E-state index contributed by atoms with van der Waals surface area (Å²) in [6.07, 6.45) is 5.69. The normalized spacial score (nSPS) is 24.3. The lowest BCUT2D eigenvalue weighted by Crippen LogP contribution is -2.51. The van der Waals surface area contributed by atoms with E-state index in [1.54, 1.807) is 0 Å². The molecule has 1 saturated carbocycles. The summed E-state index contributed by atoms with van der Waals surface area (Å²) in [6, 6.07) is 5.62. The Kier molecular flexibility index (Phi) is 5.15. The summed E-state index contributed by atoms with van der Waals surface area (Å²) in [4.78, 5) is 6.68. The number of thiophene rings is 1. The quantitative estimate of drug-likeness (QED) is 0.898. The van der Waals surface area contributed by atoms with E-state index in [1.807, 2.05) is 11.3 Å². The molecule has 2 heterocycles. The summed E-state index contributed by atoms with van der Waals surface area (Å²) < 4.78 is 1.20. The molecule has 5 heteroatoms. The lowest BCUT2D eigenvalue weighted by atomic mass is 10.1. The molecule has 1 saturated heterocycles. The first kappa shape index (κ1) is 15.0. The van der Waals surface area contributed by atoms with Gasteiger partial charge in [0.25, 0.3) is 0 Å². The molecule has 1 unspecified atom stereocenters. The van der Waals surface area contributed by atoms with E-state index < -0.39 is 0 Å². The summed E-state index contributed by atoms with van der Waals surface area (Å²) in [5, 5.41) is 0. The van der Waals surface area contributed by atoms with Gasteiger partial charge in [-0.15, -0.1) is 11.3 Å². The number of nitrogens with zero attached hydrogens (tertiary/aromatic N) is 2. The Morgan fingerprint density at radius 2 is 1.90 bits per heavy atom. The Morgan fingerprint density at radius 3 is 2.45 bits per heavy atom. The SMILES string of the molecule is NCC(c1ccc(Br)s1)N1CCN(C2CCCC2)CC1. The van der Waals surface area contributed by atoms with Gasteiger partial charge in [0.05, 0.1) is 9.83 Å². The highest BCUT2D eigenvalue weighted by Crippen LogP contribution is 2.31. The van der Waals surface area contributed by atoms with E-state index in [1.165, 1.54) is 47.4 Å². The zero-order chi connectivity index (χ0) is 13.9. The van der Waals surface area contributed by atoms with Crippen LogP contribution >= 0.6 is 27.3 Å². The van der Waals surface area contributed by atoms with Gasteiger partial charge in [-0.25, -0.2) is 0 Å². The molecule has 2 N–H and O–H groups in total. The number of halogens is 1. The van der Waals surface area contributed by atoms with Crippen molar-refractivity contribution < 1.29 is 0 Å². The minimum atomic E-state index is 0.400. The molecule has 1 aliphatic heterocycles. The van der Waals surface area contributed by atoms with E-state index in [-0.39, 0.29) is 0 Å². The minimum Gasteiger partial charge on any atom is -0.329 e. The molecule has 0 aromatic carbocycles. The van der Waals surface area contributed by atoms with Crippen LogP contribution in [-0.2, 0) is 0 Å². The molecule has 112 valence electrons. The molecule has 0 radical (unpaired) electrons. The van der Waals surface area contributed by atoms with E-state index in [0.29, 0.717) is 6.04 Å². The topological polar surface area (TPSA) is 32.5 Å². The van der Waals surface area contributed by atoms with E-state index in [9.17, 15) is 0 Å². The summed E-state index contributed by atoms with van der Waals surface area (Å²) in [5.74, 6) is 0. The van der Waals surface area contributed by atoms with Crippen LogP contribution in [0.15, 0.2) is 15.9 Å². The average molecular weight is 358 g/mol. The fraction of sp³-hybridized carbons (Fsp3) is 0.733. The van der Waals surface area contributed by atoms with Crippen molar-refractivity contribution in [1.82, 2.24) is 9.80 Å². The highest BCUT2D eigenvalue weighted by molar-refractivity contribution is 9.11. The van der Waals surface area contributed by atoms with Crippen molar-refractivity contribution in [3.05, 3.63) is 20.8 Å². The predicted octanol–water partition coefficient (Wildman–Crippen LogP) is 3.07. The molecule has 2 fully saturated rings. The van der Waals surface area contributed by atoms with Gasteiger partial charge < -0.3 is 5.73 Å². The third-order valence-electron chi connectivity index (χ3n) is 4.78. The van der Waals surface area contributed by atoms with Crippen LogP contribution in [0, 0.1) is 0 Å². The molecule has 3 rings (SSSR count). The predicted molar refractivity (Wildman–Crippen MR) is 89.2 cm³/mol. The highest BCUT2D eigenvalue weighted by atomic mass is 79.9. The number of rotatable bonds is 4. The number of nitrogens with two attached hydrogens (primary N) is 1.